The van der Waals surface area contributed by atoms with E-state index in [0.717, 1.165) is 15.6 Å². The lowest BCUT2D eigenvalue weighted by molar-refractivity contribution is 0.0983. The van der Waals surface area contributed by atoms with Gasteiger partial charge in [-0.15, -0.1) is 0 Å². The van der Waals surface area contributed by atoms with E-state index >= 15 is 0 Å². The van der Waals surface area contributed by atoms with Gasteiger partial charge in [-0.1, -0.05) is 22.0 Å². The number of nitrogens with zero attached hydrogens (tertiary/aromatic N) is 1. The third kappa shape index (κ3) is 4.02. The molecular weight excluding hydrogens is 402 g/mol. The Morgan fingerprint density at radius 2 is 1.68 bits per heavy atom. The van der Waals surface area contributed by atoms with Crippen LogP contribution in [0.1, 0.15) is 21.5 Å². The van der Waals surface area contributed by atoms with Gasteiger partial charge in [-0.3, -0.25) is 4.79 Å². The van der Waals surface area contributed by atoms with E-state index in [2.05, 4.69) is 15.9 Å². The summed E-state index contributed by atoms with van der Waals surface area (Å²) in [4.78, 5) is 14.7. The van der Waals surface area contributed by atoms with Crippen LogP contribution in [0.25, 0.3) is 0 Å². The quantitative estimate of drug-likeness (QED) is 0.754. The van der Waals surface area contributed by atoms with Gasteiger partial charge in [-0.2, -0.15) is 0 Å². The van der Waals surface area contributed by atoms with Crippen molar-refractivity contribution in [1.82, 2.24) is 0 Å². The fourth-order valence-electron chi connectivity index (χ4n) is 3.00. The molecule has 0 aliphatic carbocycles. The van der Waals surface area contributed by atoms with E-state index in [-0.39, 0.29) is 11.7 Å². The number of sulfone groups is 1. The fraction of sp³-hybridized carbons (Fsp3) is 0.211. The molecule has 0 bridgehead atoms. The van der Waals surface area contributed by atoms with Crippen molar-refractivity contribution in [2.45, 2.75) is 19.9 Å². The number of halogens is 1. The molecule has 0 fully saturated rings. The van der Waals surface area contributed by atoms with E-state index in [1.165, 1.54) is 5.41 Å². The van der Waals surface area contributed by atoms with E-state index in [9.17, 15) is 13.2 Å². The average Bonchev–Trinajstić information content (AvgIpc) is 2.87. The van der Waals surface area contributed by atoms with Crippen molar-refractivity contribution < 1.29 is 13.2 Å². The molecule has 4 nitrogen and oxygen atoms in total. The summed E-state index contributed by atoms with van der Waals surface area (Å²) in [7, 11) is -3.27. The summed E-state index contributed by atoms with van der Waals surface area (Å²) in [6, 6.07) is 12.4. The Kier molecular flexibility index (Phi) is 4.84. The first kappa shape index (κ1) is 17.9. The Morgan fingerprint density at radius 3 is 2.20 bits per heavy atom. The van der Waals surface area contributed by atoms with Gasteiger partial charge in [-0.05, 0) is 67.4 Å². The van der Waals surface area contributed by atoms with Crippen molar-refractivity contribution in [3.8, 4) is 0 Å². The summed E-state index contributed by atoms with van der Waals surface area (Å²) in [6.07, 6.45) is 1.59. The van der Waals surface area contributed by atoms with Gasteiger partial charge in [0.2, 0.25) is 0 Å². The number of aryl methyl sites for hydroxylation is 2. The number of rotatable bonds is 3. The molecule has 0 aromatic heterocycles. The zero-order valence-electron chi connectivity index (χ0n) is 13.9. The van der Waals surface area contributed by atoms with Crippen molar-refractivity contribution in [2.24, 2.45) is 0 Å². The zero-order valence-corrected chi connectivity index (χ0v) is 16.3. The second kappa shape index (κ2) is 6.77. The van der Waals surface area contributed by atoms with Gasteiger partial charge < -0.3 is 4.90 Å². The average molecular weight is 420 g/mol. The van der Waals surface area contributed by atoms with Crippen LogP contribution in [0.5, 0.6) is 0 Å². The van der Waals surface area contributed by atoms with Gasteiger partial charge in [0.05, 0.1) is 11.8 Å². The minimum absolute atomic E-state index is 0.0950. The Bertz CT molecular complexity index is 929. The number of carbonyl (C=O) groups is 1. The zero-order chi connectivity index (χ0) is 18.2. The molecule has 1 aliphatic rings. The summed E-state index contributed by atoms with van der Waals surface area (Å²) >= 11 is 3.36. The first-order valence-electron chi connectivity index (χ1n) is 7.83. The molecule has 1 amide bonds. The van der Waals surface area contributed by atoms with E-state index in [0.29, 0.717) is 11.3 Å². The Morgan fingerprint density at radius 1 is 1.08 bits per heavy atom. The van der Waals surface area contributed by atoms with Crippen LogP contribution in [0.2, 0.25) is 0 Å². The number of amides is 1. The van der Waals surface area contributed by atoms with Gasteiger partial charge in [0, 0.05) is 21.1 Å². The molecule has 25 heavy (non-hydrogen) atoms. The molecule has 3 rings (SSSR count). The van der Waals surface area contributed by atoms with Crippen LogP contribution in [0, 0.1) is 13.8 Å². The predicted molar refractivity (Wildman–Crippen MR) is 104 cm³/mol. The van der Waals surface area contributed by atoms with Gasteiger partial charge in [0.1, 0.15) is 0 Å². The topological polar surface area (TPSA) is 54.5 Å². The van der Waals surface area contributed by atoms with Gasteiger partial charge in [0.15, 0.2) is 9.84 Å². The molecule has 2 aromatic rings. The molecule has 1 atom stereocenters. The highest BCUT2D eigenvalue weighted by molar-refractivity contribution is 9.10. The van der Waals surface area contributed by atoms with Crippen molar-refractivity contribution in [3.05, 3.63) is 75.1 Å². The molecule has 1 aliphatic heterocycles. The van der Waals surface area contributed by atoms with Gasteiger partial charge in [-0.25, -0.2) is 8.42 Å². The maximum absolute atomic E-state index is 13.2. The number of carbonyl (C=O) groups excluding carboxylic acids is 1. The highest BCUT2D eigenvalue weighted by atomic mass is 79.9. The van der Waals surface area contributed by atoms with E-state index in [1.807, 2.05) is 32.0 Å². The number of hydrogen-bond donors (Lipinski definition) is 0. The second-order valence-corrected chi connectivity index (χ2v) is 9.10. The molecule has 0 radical (unpaired) electrons. The summed E-state index contributed by atoms with van der Waals surface area (Å²) in [5.41, 5.74) is 3.26. The van der Waals surface area contributed by atoms with Gasteiger partial charge in [0.25, 0.3) is 5.91 Å². The van der Waals surface area contributed by atoms with E-state index < -0.39 is 15.9 Å². The smallest absolute Gasteiger partial charge is 0.258 e. The highest BCUT2D eigenvalue weighted by Crippen LogP contribution is 2.27. The molecule has 0 saturated heterocycles. The lowest BCUT2D eigenvalue weighted by Gasteiger charge is -2.28. The fourth-order valence-corrected chi connectivity index (χ4v) is 4.53. The third-order valence-corrected chi connectivity index (χ3v) is 5.94. The summed E-state index contributed by atoms with van der Waals surface area (Å²) < 4.78 is 24.6. The molecular formula is C19H18BrNO3S. The normalized spacial score (nSPS) is 18.3. The van der Waals surface area contributed by atoms with E-state index in [4.69, 9.17) is 0 Å². The molecule has 0 unspecified atom stereocenters. The van der Waals surface area contributed by atoms with Crippen LogP contribution in [0.3, 0.4) is 0 Å². The monoisotopic (exact) mass is 419 g/mol. The molecule has 0 saturated carbocycles. The predicted octanol–water partition coefficient (Wildman–Crippen LogP) is 4.02. The van der Waals surface area contributed by atoms with Crippen LogP contribution in [0.15, 0.2) is 58.4 Å². The summed E-state index contributed by atoms with van der Waals surface area (Å²) in [6.45, 7) is 3.92. The number of hydrogen-bond acceptors (Lipinski definition) is 3. The second-order valence-electron chi connectivity index (χ2n) is 6.25. The minimum atomic E-state index is -3.27. The molecule has 2 aromatic carbocycles. The van der Waals surface area contributed by atoms with Crippen LogP contribution < -0.4 is 4.90 Å². The highest BCUT2D eigenvalue weighted by Gasteiger charge is 2.32. The molecule has 1 heterocycles. The molecule has 6 heteroatoms. The summed E-state index contributed by atoms with van der Waals surface area (Å²) in [5, 5.41) is 1.20. The van der Waals surface area contributed by atoms with Crippen LogP contribution in [0.4, 0.5) is 5.69 Å². The van der Waals surface area contributed by atoms with Crippen LogP contribution in [-0.2, 0) is 9.84 Å². The maximum atomic E-state index is 13.2. The standard InChI is InChI=1S/C19H18BrNO3S/c1-13-9-14(2)11-18(10-13)21(17-7-8-25(23,24)12-17)19(22)15-3-5-16(20)6-4-15/h3-11,17H,12H2,1-2H3/t17-/m0/s1. The first-order valence-corrected chi connectivity index (χ1v) is 10.3. The lowest BCUT2D eigenvalue weighted by atomic mass is 10.1. The lowest BCUT2D eigenvalue weighted by Crippen LogP contribution is -2.41. The van der Waals surface area contributed by atoms with Crippen molar-refractivity contribution in [3.63, 3.8) is 0 Å². The largest absolute Gasteiger partial charge is 0.300 e. The third-order valence-electron chi connectivity index (χ3n) is 4.04. The number of benzene rings is 2. The van der Waals surface area contributed by atoms with Crippen molar-refractivity contribution >= 4 is 37.4 Å². The Balaban J connectivity index is 2.07. The molecule has 0 spiro atoms. The SMILES string of the molecule is Cc1cc(C)cc(N(C(=O)c2ccc(Br)cc2)[C@H]2C=CS(=O)(=O)C2)c1. The summed E-state index contributed by atoms with van der Waals surface area (Å²) in [5.74, 6) is -0.313. The first-order chi connectivity index (χ1) is 11.7. The Labute approximate surface area is 156 Å². The van der Waals surface area contributed by atoms with Crippen molar-refractivity contribution in [2.75, 3.05) is 10.7 Å². The van der Waals surface area contributed by atoms with Crippen LogP contribution in [-0.4, -0.2) is 26.1 Å². The van der Waals surface area contributed by atoms with E-state index in [1.54, 1.807) is 35.2 Å². The maximum Gasteiger partial charge on any atom is 0.258 e. The molecule has 0 N–H and O–H groups in total. The number of anilines is 1. The minimum Gasteiger partial charge on any atom is -0.300 e. The van der Waals surface area contributed by atoms with Crippen molar-refractivity contribution in [1.29, 1.82) is 0 Å². The molecule has 130 valence electrons. The Hall–Kier alpha value is -1.92. The van der Waals surface area contributed by atoms with Crippen LogP contribution >= 0.6 is 15.9 Å². The van der Waals surface area contributed by atoms with Gasteiger partial charge >= 0.3 is 0 Å².